The van der Waals surface area contributed by atoms with Gasteiger partial charge in [-0.1, -0.05) is 193 Å². The molecule has 0 heterocycles. The Bertz CT molecular complexity index is 677. The van der Waals surface area contributed by atoms with Crippen molar-refractivity contribution in [2.45, 2.75) is 239 Å². The quantitative estimate of drug-likeness (QED) is 0.0520. The maximum atomic E-state index is 12.5. The minimum atomic E-state index is -0.277. The van der Waals surface area contributed by atoms with E-state index >= 15 is 0 Å². The molecule has 0 saturated carbocycles. The fraction of sp³-hybridized carbons (Fsp3) is 0.905. The zero-order valence-corrected chi connectivity index (χ0v) is 31.5. The molecule has 46 heavy (non-hydrogen) atoms. The first-order valence-electron chi connectivity index (χ1n) is 20.8. The van der Waals surface area contributed by atoms with E-state index in [-0.39, 0.29) is 23.8 Å². The number of hydrogen-bond donors (Lipinski definition) is 2. The van der Waals surface area contributed by atoms with Crippen molar-refractivity contribution in [2.24, 2.45) is 11.7 Å². The Labute approximate surface area is 288 Å². The van der Waals surface area contributed by atoms with E-state index in [1.807, 2.05) is 6.92 Å². The van der Waals surface area contributed by atoms with Gasteiger partial charge in [0, 0.05) is 12.5 Å². The molecule has 0 rings (SSSR count). The molecule has 0 bridgehead atoms. The highest BCUT2D eigenvalue weighted by molar-refractivity contribution is 5.80. The third kappa shape index (κ3) is 32.6. The van der Waals surface area contributed by atoms with Crippen LogP contribution in [0.25, 0.3) is 0 Å². The summed E-state index contributed by atoms with van der Waals surface area (Å²) >= 11 is 0. The van der Waals surface area contributed by atoms with Gasteiger partial charge in [-0.25, -0.2) is 0 Å². The Morgan fingerprint density at radius 3 is 1.20 bits per heavy atom. The second-order valence-corrected chi connectivity index (χ2v) is 14.5. The monoisotopic (exact) mass is 647 g/mol. The first-order valence-corrected chi connectivity index (χ1v) is 20.8. The van der Waals surface area contributed by atoms with Gasteiger partial charge in [-0.3, -0.25) is 9.59 Å². The molecule has 4 nitrogen and oxygen atoms in total. The highest BCUT2D eigenvalue weighted by Crippen LogP contribution is 2.18. The molecule has 0 fully saturated rings. The van der Waals surface area contributed by atoms with Crippen LogP contribution in [0.3, 0.4) is 0 Å². The van der Waals surface area contributed by atoms with Crippen molar-refractivity contribution in [2.75, 3.05) is 0 Å². The van der Waals surface area contributed by atoms with E-state index in [4.69, 9.17) is 5.73 Å². The Kier molecular flexibility index (Phi) is 35.5. The van der Waals surface area contributed by atoms with Crippen LogP contribution in [0.5, 0.6) is 0 Å². The van der Waals surface area contributed by atoms with Crippen molar-refractivity contribution in [3.63, 3.8) is 0 Å². The molecule has 272 valence electrons. The average molecular weight is 647 g/mol. The Morgan fingerprint density at radius 2 is 0.826 bits per heavy atom. The summed E-state index contributed by atoms with van der Waals surface area (Å²) in [4.78, 5) is 24.6. The molecule has 0 aliphatic carbocycles. The van der Waals surface area contributed by atoms with Gasteiger partial charge in [0.15, 0.2) is 0 Å². The van der Waals surface area contributed by atoms with Crippen molar-refractivity contribution in [1.82, 2.24) is 5.32 Å². The van der Waals surface area contributed by atoms with Crippen LogP contribution in [0.4, 0.5) is 0 Å². The van der Waals surface area contributed by atoms with Crippen molar-refractivity contribution >= 4 is 11.8 Å². The summed E-state index contributed by atoms with van der Waals surface area (Å²) in [5.41, 5.74) is 5.73. The lowest BCUT2D eigenvalue weighted by molar-refractivity contribution is -0.125. The summed E-state index contributed by atoms with van der Waals surface area (Å²) < 4.78 is 0. The van der Waals surface area contributed by atoms with Gasteiger partial charge in [0.25, 0.3) is 0 Å². The topological polar surface area (TPSA) is 72.2 Å². The van der Waals surface area contributed by atoms with Crippen LogP contribution in [-0.4, -0.2) is 17.9 Å². The number of nitrogens with one attached hydrogen (secondary N) is 1. The van der Waals surface area contributed by atoms with Crippen molar-refractivity contribution in [1.29, 1.82) is 0 Å². The van der Waals surface area contributed by atoms with Gasteiger partial charge < -0.3 is 11.1 Å². The molecule has 0 radical (unpaired) electrons. The molecule has 2 amide bonds. The van der Waals surface area contributed by atoms with Crippen LogP contribution < -0.4 is 11.1 Å². The predicted molar refractivity (Wildman–Crippen MR) is 203 cm³/mol. The fourth-order valence-electron chi connectivity index (χ4n) is 6.69. The Balaban J connectivity index is 3.64. The van der Waals surface area contributed by atoms with Crippen LogP contribution in [0.2, 0.25) is 0 Å². The molecule has 0 aromatic heterocycles. The number of carbonyl (C=O) groups excluding carboxylic acids is 2. The van der Waals surface area contributed by atoms with Gasteiger partial charge in [-0.2, -0.15) is 0 Å². The highest BCUT2D eigenvalue weighted by Gasteiger charge is 2.23. The first kappa shape index (κ1) is 44.7. The van der Waals surface area contributed by atoms with Gasteiger partial charge in [0.05, 0.1) is 5.92 Å². The van der Waals surface area contributed by atoms with E-state index in [0.29, 0.717) is 6.42 Å². The molecule has 0 saturated heterocycles. The summed E-state index contributed by atoms with van der Waals surface area (Å²) in [6.07, 6.45) is 46.7. The van der Waals surface area contributed by atoms with Gasteiger partial charge in [-0.15, -0.1) is 0 Å². The smallest absolute Gasteiger partial charge is 0.222 e. The maximum absolute atomic E-state index is 12.5. The minimum Gasteiger partial charge on any atom is -0.369 e. The molecule has 0 aliphatic heterocycles. The number of nitrogens with two attached hydrogens (primary N) is 1. The normalized spacial score (nSPS) is 12.9. The summed E-state index contributed by atoms with van der Waals surface area (Å²) in [5.74, 6) is -0.471. The van der Waals surface area contributed by atoms with E-state index in [9.17, 15) is 9.59 Å². The predicted octanol–water partition coefficient (Wildman–Crippen LogP) is 13.1. The standard InChI is InChI=1S/C42H82N2O2/c1-4-6-8-10-12-14-16-18-20-21-22-24-25-27-29-31-33-35-37-40(42(43)46)39(3)44-41(45)38-36-34-32-30-28-26-23-19-17-15-13-11-9-7-5-2/h18,20,39-40H,4-17,19,21-38H2,1-3H3,(H2,43,46)(H,44,45). The number of carbonyl (C=O) groups is 2. The summed E-state index contributed by atoms with van der Waals surface area (Å²) in [5, 5.41) is 3.08. The molecule has 0 aliphatic rings. The number of unbranched alkanes of at least 4 members (excludes halogenated alkanes) is 28. The molecule has 3 N–H and O–H groups in total. The van der Waals surface area contributed by atoms with Gasteiger partial charge >= 0.3 is 0 Å². The SMILES string of the molecule is CCCCCCCCC=CCCCCCCCCCCC(C(N)=O)C(C)NC(=O)CCCCCCCCCCCCCCCCC. The third-order valence-corrected chi connectivity index (χ3v) is 9.89. The Morgan fingerprint density at radius 1 is 0.500 bits per heavy atom. The fourth-order valence-corrected chi connectivity index (χ4v) is 6.69. The van der Waals surface area contributed by atoms with Crippen LogP contribution >= 0.6 is 0 Å². The lowest BCUT2D eigenvalue weighted by atomic mass is 9.93. The average Bonchev–Trinajstić information content (AvgIpc) is 3.03. The van der Waals surface area contributed by atoms with Crippen molar-refractivity contribution in [3.8, 4) is 0 Å². The van der Waals surface area contributed by atoms with E-state index in [2.05, 4.69) is 31.3 Å². The zero-order chi connectivity index (χ0) is 33.8. The molecule has 0 aromatic carbocycles. The maximum Gasteiger partial charge on any atom is 0.222 e. The number of primary amides is 1. The lowest BCUT2D eigenvalue weighted by Crippen LogP contribution is -2.43. The van der Waals surface area contributed by atoms with Gasteiger partial charge in [0.2, 0.25) is 11.8 Å². The van der Waals surface area contributed by atoms with Crippen LogP contribution in [0.1, 0.15) is 233 Å². The van der Waals surface area contributed by atoms with E-state index in [1.165, 1.54) is 173 Å². The summed E-state index contributed by atoms with van der Waals surface area (Å²) in [6, 6.07) is -0.179. The molecule has 2 atom stereocenters. The second kappa shape index (κ2) is 36.5. The number of allylic oxidation sites excluding steroid dienone is 2. The van der Waals surface area contributed by atoms with Gasteiger partial charge in [-0.05, 0) is 45.4 Å². The summed E-state index contributed by atoms with van der Waals surface area (Å²) in [6.45, 7) is 6.51. The minimum absolute atomic E-state index is 0.0711. The van der Waals surface area contributed by atoms with E-state index < -0.39 is 0 Å². The molecule has 4 heteroatoms. The molecular weight excluding hydrogens is 564 g/mol. The molecule has 0 aromatic rings. The van der Waals surface area contributed by atoms with Crippen LogP contribution in [-0.2, 0) is 9.59 Å². The van der Waals surface area contributed by atoms with E-state index in [0.717, 1.165) is 32.1 Å². The largest absolute Gasteiger partial charge is 0.369 e. The summed E-state index contributed by atoms with van der Waals surface area (Å²) in [7, 11) is 0. The van der Waals surface area contributed by atoms with Crippen molar-refractivity contribution in [3.05, 3.63) is 12.2 Å². The number of amides is 2. The van der Waals surface area contributed by atoms with E-state index in [1.54, 1.807) is 0 Å². The van der Waals surface area contributed by atoms with Gasteiger partial charge in [0.1, 0.15) is 0 Å². The zero-order valence-electron chi connectivity index (χ0n) is 31.5. The van der Waals surface area contributed by atoms with Crippen molar-refractivity contribution < 1.29 is 9.59 Å². The highest BCUT2D eigenvalue weighted by atomic mass is 16.2. The third-order valence-electron chi connectivity index (χ3n) is 9.89. The number of rotatable bonds is 37. The Hall–Kier alpha value is -1.32. The first-order chi connectivity index (χ1) is 22.5. The van der Waals surface area contributed by atoms with Crippen LogP contribution in [0.15, 0.2) is 12.2 Å². The number of hydrogen-bond acceptors (Lipinski definition) is 2. The molecule has 0 spiro atoms. The molecule has 2 unspecified atom stereocenters. The second-order valence-electron chi connectivity index (χ2n) is 14.5. The van der Waals surface area contributed by atoms with Crippen LogP contribution in [0, 0.1) is 5.92 Å². The molecular formula is C42H82N2O2. The lowest BCUT2D eigenvalue weighted by Gasteiger charge is -2.22.